The second kappa shape index (κ2) is 6.88. The van der Waals surface area contributed by atoms with Crippen LogP contribution in [0.15, 0.2) is 52.1 Å². The second-order valence-electron chi connectivity index (χ2n) is 4.61. The lowest BCUT2D eigenvalue weighted by molar-refractivity contribution is -0.136. The summed E-state index contributed by atoms with van der Waals surface area (Å²) in [5.41, 5.74) is 1.01. The van der Waals surface area contributed by atoms with E-state index in [0.717, 1.165) is 5.56 Å². The molecule has 3 aromatic rings. The average molecular weight is 331 g/mol. The van der Waals surface area contributed by atoms with Gasteiger partial charge in [-0.3, -0.25) is 19.6 Å². The summed E-state index contributed by atoms with van der Waals surface area (Å²) in [5, 5.41) is 16.6. The van der Waals surface area contributed by atoms with Gasteiger partial charge in [0.1, 0.15) is 6.26 Å². The van der Waals surface area contributed by atoms with Crippen LogP contribution in [0.25, 0.3) is 0 Å². The highest BCUT2D eigenvalue weighted by atomic mass is 32.1. The zero-order valence-corrected chi connectivity index (χ0v) is 12.7. The van der Waals surface area contributed by atoms with E-state index in [1.54, 1.807) is 28.3 Å². The first-order valence-corrected chi connectivity index (χ1v) is 7.69. The van der Waals surface area contributed by atoms with Gasteiger partial charge in [0.25, 0.3) is 0 Å². The van der Waals surface area contributed by atoms with Crippen molar-refractivity contribution in [1.29, 1.82) is 0 Å². The number of nitrogens with zero attached hydrogens (tertiary/aromatic N) is 3. The Morgan fingerprint density at radius 2 is 2.26 bits per heavy atom. The quantitative estimate of drug-likeness (QED) is 0.686. The first kappa shape index (κ1) is 15.0. The number of amides is 2. The fourth-order valence-electron chi connectivity index (χ4n) is 2.01. The van der Waals surface area contributed by atoms with Crippen LogP contribution in [-0.4, -0.2) is 33.3 Å². The van der Waals surface area contributed by atoms with Gasteiger partial charge in [0.15, 0.2) is 5.82 Å². The predicted octanol–water partition coefficient (Wildman–Crippen LogP) is 1.28. The zero-order chi connectivity index (χ0) is 16.1. The molecule has 2 N–H and O–H groups in total. The second-order valence-corrected chi connectivity index (χ2v) is 5.39. The Kier molecular flexibility index (Phi) is 4.48. The maximum Gasteiger partial charge on any atom is 0.314 e. The molecule has 1 unspecified atom stereocenters. The molecule has 0 saturated heterocycles. The number of rotatable bonds is 5. The Morgan fingerprint density at radius 3 is 2.91 bits per heavy atom. The Balaban J connectivity index is 1.62. The van der Waals surface area contributed by atoms with Crippen LogP contribution in [-0.2, 0) is 9.59 Å². The van der Waals surface area contributed by atoms with Gasteiger partial charge in [0.2, 0.25) is 0 Å². The van der Waals surface area contributed by atoms with Crippen LogP contribution in [0, 0.1) is 0 Å². The first-order chi connectivity index (χ1) is 11.2. The van der Waals surface area contributed by atoms with E-state index in [0.29, 0.717) is 0 Å². The molecule has 3 rings (SSSR count). The number of carbonyl (C=O) groups excluding carboxylic acids is 2. The smallest absolute Gasteiger partial charge is 0.314 e. The van der Waals surface area contributed by atoms with Crippen molar-refractivity contribution in [2.45, 2.75) is 6.04 Å². The lowest BCUT2D eigenvalue weighted by Gasteiger charge is -2.17. The van der Waals surface area contributed by atoms with E-state index in [2.05, 4.69) is 25.4 Å². The molecule has 0 spiro atoms. The molecule has 0 aliphatic rings. The van der Waals surface area contributed by atoms with Crippen molar-refractivity contribution >= 4 is 29.0 Å². The molecule has 3 aromatic heterocycles. The molecule has 0 aliphatic carbocycles. The van der Waals surface area contributed by atoms with E-state index in [1.807, 2.05) is 23.0 Å². The summed E-state index contributed by atoms with van der Waals surface area (Å²) in [6.07, 6.45) is 4.78. The zero-order valence-electron chi connectivity index (χ0n) is 11.9. The molecule has 1 atom stereocenters. The van der Waals surface area contributed by atoms with Crippen molar-refractivity contribution in [3.05, 3.63) is 53.2 Å². The molecule has 8 nitrogen and oxygen atoms in total. The maximum absolute atomic E-state index is 11.9. The minimum atomic E-state index is -0.802. The van der Waals surface area contributed by atoms with Gasteiger partial charge in [-0.2, -0.15) is 16.4 Å². The predicted molar refractivity (Wildman–Crippen MR) is 82.8 cm³/mol. The van der Waals surface area contributed by atoms with Crippen LogP contribution in [0.4, 0.5) is 5.82 Å². The molecule has 0 bridgehead atoms. The van der Waals surface area contributed by atoms with Gasteiger partial charge in [0.05, 0.1) is 6.04 Å². The highest BCUT2D eigenvalue weighted by Crippen LogP contribution is 2.19. The first-order valence-electron chi connectivity index (χ1n) is 6.75. The van der Waals surface area contributed by atoms with Crippen molar-refractivity contribution in [1.82, 2.24) is 20.3 Å². The summed E-state index contributed by atoms with van der Waals surface area (Å²) in [7, 11) is 0. The Labute approximate surface area is 135 Å². The van der Waals surface area contributed by atoms with Crippen LogP contribution in [0.5, 0.6) is 0 Å². The van der Waals surface area contributed by atoms with E-state index in [4.69, 9.17) is 0 Å². The molecule has 0 saturated carbocycles. The highest BCUT2D eigenvalue weighted by molar-refractivity contribution is 7.08. The average Bonchev–Trinajstić information content (AvgIpc) is 3.31. The summed E-state index contributed by atoms with van der Waals surface area (Å²) in [5.74, 6) is -1.37. The highest BCUT2D eigenvalue weighted by Gasteiger charge is 2.19. The van der Waals surface area contributed by atoms with Gasteiger partial charge in [-0.1, -0.05) is 5.16 Å². The van der Waals surface area contributed by atoms with Crippen molar-refractivity contribution in [2.75, 3.05) is 11.9 Å². The number of hydrogen-bond acceptors (Lipinski definition) is 6. The Morgan fingerprint density at radius 1 is 1.35 bits per heavy atom. The van der Waals surface area contributed by atoms with Gasteiger partial charge >= 0.3 is 11.8 Å². The van der Waals surface area contributed by atoms with Gasteiger partial charge in [0, 0.05) is 25.0 Å². The van der Waals surface area contributed by atoms with Crippen LogP contribution >= 0.6 is 11.3 Å². The van der Waals surface area contributed by atoms with Crippen molar-refractivity contribution in [3.63, 3.8) is 0 Å². The third-order valence-electron chi connectivity index (χ3n) is 3.11. The molecule has 9 heteroatoms. The lowest BCUT2D eigenvalue weighted by Crippen LogP contribution is -2.39. The molecule has 0 fully saturated rings. The van der Waals surface area contributed by atoms with E-state index in [-0.39, 0.29) is 18.4 Å². The standard InChI is InChI=1S/C14H13N5O3S/c20-13(14(21)17-12-2-6-22-18-12)15-8-11(10-3-7-23-9-10)19-5-1-4-16-19/h1-7,9,11H,8H2,(H,15,20)(H,17,18,21). The topological polar surface area (TPSA) is 102 Å². The minimum absolute atomic E-state index is 0.181. The SMILES string of the molecule is O=C(NCC(c1ccsc1)n1cccn1)C(=O)Nc1ccon1. The number of carbonyl (C=O) groups is 2. The number of nitrogens with one attached hydrogen (secondary N) is 2. The van der Waals surface area contributed by atoms with E-state index < -0.39 is 11.8 Å². The van der Waals surface area contributed by atoms with Crippen molar-refractivity contribution in [3.8, 4) is 0 Å². The van der Waals surface area contributed by atoms with Gasteiger partial charge in [-0.15, -0.1) is 0 Å². The molecule has 2 amide bonds. The molecular weight excluding hydrogens is 318 g/mol. The fourth-order valence-corrected chi connectivity index (χ4v) is 2.72. The minimum Gasteiger partial charge on any atom is -0.363 e. The number of thiophene rings is 1. The van der Waals surface area contributed by atoms with Gasteiger partial charge in [-0.25, -0.2) is 0 Å². The Bertz CT molecular complexity index is 718. The number of hydrogen-bond donors (Lipinski definition) is 2. The molecule has 0 radical (unpaired) electrons. The molecule has 3 heterocycles. The molecule has 0 aromatic carbocycles. The number of aromatic nitrogens is 3. The largest absolute Gasteiger partial charge is 0.363 e. The van der Waals surface area contributed by atoms with Crippen LogP contribution < -0.4 is 10.6 Å². The molecule has 118 valence electrons. The van der Waals surface area contributed by atoms with Crippen molar-refractivity contribution < 1.29 is 14.1 Å². The van der Waals surface area contributed by atoms with Crippen LogP contribution in [0.1, 0.15) is 11.6 Å². The third-order valence-corrected chi connectivity index (χ3v) is 3.82. The van der Waals surface area contributed by atoms with E-state index in [9.17, 15) is 9.59 Å². The summed E-state index contributed by atoms with van der Waals surface area (Å²) in [4.78, 5) is 23.7. The molecule has 0 aliphatic heterocycles. The van der Waals surface area contributed by atoms with Gasteiger partial charge in [-0.05, 0) is 28.5 Å². The molecular formula is C14H13N5O3S. The maximum atomic E-state index is 11.9. The van der Waals surface area contributed by atoms with E-state index in [1.165, 1.54) is 12.3 Å². The lowest BCUT2D eigenvalue weighted by atomic mass is 10.1. The summed E-state index contributed by atoms with van der Waals surface area (Å²) >= 11 is 1.56. The Hall–Kier alpha value is -2.94. The van der Waals surface area contributed by atoms with Gasteiger partial charge < -0.3 is 9.84 Å². The van der Waals surface area contributed by atoms with Crippen molar-refractivity contribution in [2.24, 2.45) is 0 Å². The van der Waals surface area contributed by atoms with Crippen LogP contribution in [0.3, 0.4) is 0 Å². The third kappa shape index (κ3) is 3.64. The van der Waals surface area contributed by atoms with E-state index >= 15 is 0 Å². The normalized spacial score (nSPS) is 11.8. The monoisotopic (exact) mass is 331 g/mol. The number of anilines is 1. The summed E-state index contributed by atoms with van der Waals surface area (Å²) in [6.45, 7) is 0.240. The summed E-state index contributed by atoms with van der Waals surface area (Å²) in [6, 6.07) is 5.03. The summed E-state index contributed by atoms with van der Waals surface area (Å²) < 4.78 is 6.32. The molecule has 23 heavy (non-hydrogen) atoms. The van der Waals surface area contributed by atoms with Crippen LogP contribution in [0.2, 0.25) is 0 Å². The fraction of sp³-hybridized carbons (Fsp3) is 0.143.